The summed E-state index contributed by atoms with van der Waals surface area (Å²) in [5, 5.41) is 10.3. The Morgan fingerprint density at radius 3 is 2.56 bits per heavy atom. The van der Waals surface area contributed by atoms with Crippen LogP contribution in [0.4, 0.5) is 5.69 Å². The van der Waals surface area contributed by atoms with Crippen molar-refractivity contribution in [2.45, 2.75) is 70.6 Å². The average Bonchev–Trinajstić information content (AvgIpc) is 2.66. The van der Waals surface area contributed by atoms with Crippen LogP contribution < -0.4 is 4.90 Å². The van der Waals surface area contributed by atoms with Crippen LogP contribution in [0, 0.1) is 10.1 Å². The summed E-state index contributed by atoms with van der Waals surface area (Å²) in [5.41, 5.74) is 2.19. The Morgan fingerprint density at radius 2 is 1.81 bits per heavy atom. The molecule has 0 saturated carbocycles. The first-order valence-corrected chi connectivity index (χ1v) is 10.1. The molecule has 27 heavy (non-hydrogen) atoms. The molecule has 1 aromatic rings. The standard InChI is InChI=1S/C22H34N2O3/c1-3-4-5-7-11-17-22(25)23(2)21-16-13-15-20(19-21)14-10-8-6-9-12-18-24(26)27/h3,13,15-16,19H,1,4-12,14,17-18H2,2H3. The highest BCUT2D eigenvalue weighted by Crippen LogP contribution is 2.18. The van der Waals surface area contributed by atoms with Gasteiger partial charge in [0.05, 0.1) is 0 Å². The molecular formula is C22H34N2O3. The largest absolute Gasteiger partial charge is 0.315 e. The maximum Gasteiger partial charge on any atom is 0.226 e. The second-order valence-electron chi connectivity index (χ2n) is 7.08. The van der Waals surface area contributed by atoms with Gasteiger partial charge in [-0.1, -0.05) is 37.5 Å². The molecule has 0 aliphatic rings. The van der Waals surface area contributed by atoms with E-state index in [2.05, 4.69) is 18.7 Å². The van der Waals surface area contributed by atoms with Gasteiger partial charge in [-0.15, -0.1) is 6.58 Å². The Bertz CT molecular complexity index is 587. The fourth-order valence-corrected chi connectivity index (χ4v) is 3.07. The second kappa shape index (κ2) is 14.0. The Morgan fingerprint density at radius 1 is 1.11 bits per heavy atom. The van der Waals surface area contributed by atoms with Gasteiger partial charge in [-0.05, 0) is 56.2 Å². The van der Waals surface area contributed by atoms with Gasteiger partial charge < -0.3 is 4.90 Å². The molecule has 0 aliphatic heterocycles. The molecule has 0 atom stereocenters. The summed E-state index contributed by atoms with van der Waals surface area (Å²) >= 11 is 0. The summed E-state index contributed by atoms with van der Waals surface area (Å²) in [5.74, 6) is 0.163. The summed E-state index contributed by atoms with van der Waals surface area (Å²) in [7, 11) is 1.85. The van der Waals surface area contributed by atoms with Gasteiger partial charge in [-0.2, -0.15) is 0 Å². The van der Waals surface area contributed by atoms with Crippen LogP contribution in [0.5, 0.6) is 0 Å². The zero-order chi connectivity index (χ0) is 19.9. The van der Waals surface area contributed by atoms with Crippen molar-refractivity contribution in [3.8, 4) is 0 Å². The lowest BCUT2D eigenvalue weighted by Crippen LogP contribution is -2.25. The number of unbranched alkanes of at least 4 members (excludes halogenated alkanes) is 7. The minimum atomic E-state index is -0.245. The van der Waals surface area contributed by atoms with Gasteiger partial charge >= 0.3 is 0 Å². The van der Waals surface area contributed by atoms with Crippen molar-refractivity contribution in [1.82, 2.24) is 0 Å². The van der Waals surface area contributed by atoms with Crippen LogP contribution in [-0.4, -0.2) is 24.4 Å². The predicted molar refractivity (Wildman–Crippen MR) is 112 cm³/mol. The molecule has 150 valence electrons. The number of aryl methyl sites for hydroxylation is 1. The highest BCUT2D eigenvalue weighted by atomic mass is 16.6. The Balaban J connectivity index is 2.31. The quantitative estimate of drug-likeness (QED) is 0.175. The molecule has 5 nitrogen and oxygen atoms in total. The molecule has 0 unspecified atom stereocenters. The van der Waals surface area contributed by atoms with E-state index in [0.29, 0.717) is 12.8 Å². The lowest BCUT2D eigenvalue weighted by atomic mass is 10.0. The minimum absolute atomic E-state index is 0.0800. The molecule has 0 bridgehead atoms. The summed E-state index contributed by atoms with van der Waals surface area (Å²) in [4.78, 5) is 24.1. The number of amides is 1. The monoisotopic (exact) mass is 374 g/mol. The first-order chi connectivity index (χ1) is 13.0. The van der Waals surface area contributed by atoms with Crippen molar-refractivity contribution >= 4 is 11.6 Å². The number of anilines is 1. The topological polar surface area (TPSA) is 63.5 Å². The van der Waals surface area contributed by atoms with Gasteiger partial charge in [0.25, 0.3) is 0 Å². The van der Waals surface area contributed by atoms with E-state index in [1.807, 2.05) is 25.3 Å². The number of allylic oxidation sites excluding steroid dienone is 1. The number of hydrogen-bond donors (Lipinski definition) is 0. The van der Waals surface area contributed by atoms with E-state index < -0.39 is 0 Å². The molecule has 1 rings (SSSR count). The lowest BCUT2D eigenvalue weighted by Gasteiger charge is -2.18. The van der Waals surface area contributed by atoms with E-state index in [0.717, 1.165) is 63.5 Å². The van der Waals surface area contributed by atoms with Crippen molar-refractivity contribution < 1.29 is 9.72 Å². The van der Waals surface area contributed by atoms with Crippen molar-refractivity contribution in [1.29, 1.82) is 0 Å². The van der Waals surface area contributed by atoms with Crippen LogP contribution in [0.2, 0.25) is 0 Å². The molecule has 1 aromatic carbocycles. The average molecular weight is 375 g/mol. The third-order valence-corrected chi connectivity index (χ3v) is 4.78. The molecule has 0 aromatic heterocycles. The Kier molecular flexibility index (Phi) is 11.8. The van der Waals surface area contributed by atoms with Crippen LogP contribution in [-0.2, 0) is 11.2 Å². The van der Waals surface area contributed by atoms with Crippen molar-refractivity contribution in [2.24, 2.45) is 0 Å². The summed E-state index contributed by atoms with van der Waals surface area (Å²) < 4.78 is 0. The summed E-state index contributed by atoms with van der Waals surface area (Å²) in [6.45, 7) is 3.80. The second-order valence-corrected chi connectivity index (χ2v) is 7.08. The number of nitro groups is 1. The predicted octanol–water partition coefficient (Wildman–Crippen LogP) is 5.56. The number of benzene rings is 1. The first kappa shape index (κ1) is 22.9. The number of hydrogen-bond acceptors (Lipinski definition) is 3. The maximum atomic E-state index is 12.4. The zero-order valence-corrected chi connectivity index (χ0v) is 16.7. The van der Waals surface area contributed by atoms with Crippen molar-refractivity contribution in [3.63, 3.8) is 0 Å². The van der Waals surface area contributed by atoms with Gasteiger partial charge in [0.2, 0.25) is 12.5 Å². The Labute approximate surface area is 163 Å². The number of carbonyl (C=O) groups excluding carboxylic acids is 1. The van der Waals surface area contributed by atoms with Gasteiger partial charge in [0.15, 0.2) is 0 Å². The smallest absolute Gasteiger partial charge is 0.226 e. The van der Waals surface area contributed by atoms with Crippen LogP contribution in [0.25, 0.3) is 0 Å². The third-order valence-electron chi connectivity index (χ3n) is 4.78. The molecule has 0 saturated heterocycles. The molecule has 0 aliphatic carbocycles. The van der Waals surface area contributed by atoms with E-state index in [1.54, 1.807) is 4.90 Å². The van der Waals surface area contributed by atoms with E-state index in [4.69, 9.17) is 0 Å². The number of rotatable bonds is 15. The lowest BCUT2D eigenvalue weighted by molar-refractivity contribution is -0.480. The van der Waals surface area contributed by atoms with E-state index >= 15 is 0 Å². The van der Waals surface area contributed by atoms with Crippen LogP contribution in [0.3, 0.4) is 0 Å². The normalized spacial score (nSPS) is 10.6. The molecule has 5 heteroatoms. The van der Waals surface area contributed by atoms with E-state index in [9.17, 15) is 14.9 Å². The molecule has 0 spiro atoms. The number of carbonyl (C=O) groups is 1. The molecule has 0 fully saturated rings. The zero-order valence-electron chi connectivity index (χ0n) is 16.7. The number of nitrogens with zero attached hydrogens (tertiary/aromatic N) is 2. The van der Waals surface area contributed by atoms with E-state index in [-0.39, 0.29) is 17.4 Å². The fraction of sp³-hybridized carbons (Fsp3) is 0.591. The molecule has 0 radical (unpaired) electrons. The maximum absolute atomic E-state index is 12.4. The highest BCUT2D eigenvalue weighted by molar-refractivity contribution is 5.92. The molecule has 0 heterocycles. The van der Waals surface area contributed by atoms with Gasteiger partial charge in [0, 0.05) is 30.5 Å². The third kappa shape index (κ3) is 10.5. The van der Waals surface area contributed by atoms with Crippen LogP contribution in [0.15, 0.2) is 36.9 Å². The van der Waals surface area contributed by atoms with Crippen LogP contribution in [0.1, 0.15) is 69.8 Å². The molecule has 1 amide bonds. The summed E-state index contributed by atoms with van der Waals surface area (Å²) in [6.07, 6.45) is 12.4. The van der Waals surface area contributed by atoms with Gasteiger partial charge in [-0.25, -0.2) is 0 Å². The van der Waals surface area contributed by atoms with Crippen molar-refractivity contribution in [2.75, 3.05) is 18.5 Å². The minimum Gasteiger partial charge on any atom is -0.315 e. The molecular weight excluding hydrogens is 340 g/mol. The highest BCUT2D eigenvalue weighted by Gasteiger charge is 2.10. The summed E-state index contributed by atoms with van der Waals surface area (Å²) in [6, 6.07) is 8.19. The Hall–Kier alpha value is -2.17. The SMILES string of the molecule is C=CCCCCCC(=O)N(C)c1cccc(CCCCCCC[N+](=O)[O-])c1. The fourth-order valence-electron chi connectivity index (χ4n) is 3.07. The molecule has 0 N–H and O–H groups in total. The van der Waals surface area contributed by atoms with Crippen LogP contribution >= 0.6 is 0 Å². The van der Waals surface area contributed by atoms with E-state index in [1.165, 1.54) is 5.56 Å². The van der Waals surface area contributed by atoms with Gasteiger partial charge in [-0.3, -0.25) is 14.9 Å². The van der Waals surface area contributed by atoms with Gasteiger partial charge in [0.1, 0.15) is 0 Å². The first-order valence-electron chi connectivity index (χ1n) is 10.1. The van der Waals surface area contributed by atoms with Crippen molar-refractivity contribution in [3.05, 3.63) is 52.6 Å².